The summed E-state index contributed by atoms with van der Waals surface area (Å²) in [4.78, 5) is 13.7. The number of nitrogens with zero attached hydrogens (tertiary/aromatic N) is 6. The molecule has 4 heterocycles. The minimum Gasteiger partial charge on any atom is -0.484 e. The van der Waals surface area contributed by atoms with E-state index in [2.05, 4.69) is 32.2 Å². The Morgan fingerprint density at radius 2 is 2.03 bits per heavy atom. The van der Waals surface area contributed by atoms with Gasteiger partial charge in [-0.2, -0.15) is 10.2 Å². The quantitative estimate of drug-likeness (QED) is 0.480. The first kappa shape index (κ1) is 18.2. The normalized spacial score (nSPS) is 12.5. The number of rotatable bonds is 5. The Morgan fingerprint density at radius 1 is 1.17 bits per heavy atom. The van der Waals surface area contributed by atoms with Crippen molar-refractivity contribution >= 4 is 21.9 Å². The lowest BCUT2D eigenvalue weighted by atomic mass is 10.1. The molecule has 0 saturated carbocycles. The monoisotopic (exact) mass is 399 g/mol. The van der Waals surface area contributed by atoms with E-state index in [0.717, 1.165) is 56.8 Å². The molecular weight excluding hydrogens is 378 g/mol. The van der Waals surface area contributed by atoms with Gasteiger partial charge in [0.25, 0.3) is 0 Å². The number of aromatic nitrogens is 7. The predicted molar refractivity (Wildman–Crippen MR) is 114 cm³/mol. The lowest BCUT2D eigenvalue weighted by Crippen LogP contribution is -2.09. The number of aromatic amines is 1. The summed E-state index contributed by atoms with van der Waals surface area (Å²) in [5.41, 5.74) is 6.10. The Balaban J connectivity index is 1.52. The van der Waals surface area contributed by atoms with Gasteiger partial charge in [0.2, 0.25) is 0 Å². The molecule has 1 aromatic carbocycles. The molecule has 1 unspecified atom stereocenters. The first-order chi connectivity index (χ1) is 14.6. The second-order valence-corrected chi connectivity index (χ2v) is 7.22. The molecule has 0 bridgehead atoms. The van der Waals surface area contributed by atoms with Crippen LogP contribution in [-0.2, 0) is 13.5 Å². The molecule has 8 nitrogen and oxygen atoms in total. The Hall–Kier alpha value is -3.81. The van der Waals surface area contributed by atoms with E-state index in [-0.39, 0.29) is 6.10 Å². The van der Waals surface area contributed by atoms with Crippen LogP contribution in [0, 0.1) is 0 Å². The molecule has 0 spiro atoms. The number of hydrogen-bond donors (Lipinski definition) is 1. The fourth-order valence-corrected chi connectivity index (χ4v) is 3.60. The zero-order chi connectivity index (χ0) is 20.7. The standard InChI is InChI=1S/C22H21N7O/c1-4-15-9-19-22(24-8-7-23-19)20(26-15)13(2)30-16-5-6-18-17(10-16)21(28-27-18)14-11-25-29(3)12-14/h5-13H,4H2,1-3H3,(H,27,28). The van der Waals surface area contributed by atoms with Crippen molar-refractivity contribution < 1.29 is 4.74 Å². The average molecular weight is 399 g/mol. The van der Waals surface area contributed by atoms with Crippen LogP contribution in [0.2, 0.25) is 0 Å². The topological polar surface area (TPSA) is 94.4 Å². The van der Waals surface area contributed by atoms with Crippen LogP contribution in [0.4, 0.5) is 0 Å². The molecule has 0 radical (unpaired) electrons. The summed E-state index contributed by atoms with van der Waals surface area (Å²) in [7, 11) is 1.89. The van der Waals surface area contributed by atoms with Crippen molar-refractivity contribution in [2.24, 2.45) is 7.05 Å². The molecule has 0 aliphatic carbocycles. The summed E-state index contributed by atoms with van der Waals surface area (Å²) < 4.78 is 8.05. The molecule has 0 aliphatic rings. The number of aryl methyl sites for hydroxylation is 2. The summed E-state index contributed by atoms with van der Waals surface area (Å²) in [6.45, 7) is 4.06. The molecule has 0 aliphatic heterocycles. The molecule has 0 amide bonds. The lowest BCUT2D eigenvalue weighted by Gasteiger charge is -2.16. The highest BCUT2D eigenvalue weighted by Gasteiger charge is 2.17. The highest BCUT2D eigenvalue weighted by Crippen LogP contribution is 2.31. The molecule has 30 heavy (non-hydrogen) atoms. The molecule has 4 aromatic heterocycles. The van der Waals surface area contributed by atoms with Crippen LogP contribution in [0.5, 0.6) is 5.75 Å². The van der Waals surface area contributed by atoms with Crippen molar-refractivity contribution in [3.63, 3.8) is 0 Å². The van der Waals surface area contributed by atoms with E-state index in [4.69, 9.17) is 9.72 Å². The fourth-order valence-electron chi connectivity index (χ4n) is 3.60. The highest BCUT2D eigenvalue weighted by molar-refractivity contribution is 5.93. The third-order valence-corrected chi connectivity index (χ3v) is 5.11. The maximum atomic E-state index is 6.29. The number of benzene rings is 1. The van der Waals surface area contributed by atoms with Crippen LogP contribution in [-0.4, -0.2) is 34.9 Å². The Bertz CT molecular complexity index is 1350. The third kappa shape index (κ3) is 3.16. The van der Waals surface area contributed by atoms with Crippen LogP contribution in [0.15, 0.2) is 49.1 Å². The van der Waals surface area contributed by atoms with Gasteiger partial charge in [-0.25, -0.2) is 0 Å². The second kappa shape index (κ2) is 7.22. The van der Waals surface area contributed by atoms with E-state index in [9.17, 15) is 0 Å². The van der Waals surface area contributed by atoms with Crippen LogP contribution in [0.1, 0.15) is 31.3 Å². The van der Waals surface area contributed by atoms with E-state index < -0.39 is 0 Å². The van der Waals surface area contributed by atoms with Gasteiger partial charge in [0.1, 0.15) is 28.8 Å². The molecule has 8 heteroatoms. The fraction of sp³-hybridized carbons (Fsp3) is 0.227. The Kier molecular flexibility index (Phi) is 4.39. The molecule has 150 valence electrons. The molecule has 5 rings (SSSR count). The summed E-state index contributed by atoms with van der Waals surface area (Å²) in [6.07, 6.45) is 7.66. The van der Waals surface area contributed by atoms with E-state index in [1.165, 1.54) is 0 Å². The number of ether oxygens (including phenoxy) is 1. The minimum atomic E-state index is -0.290. The van der Waals surface area contributed by atoms with Crippen LogP contribution >= 0.6 is 0 Å². The largest absolute Gasteiger partial charge is 0.484 e. The maximum absolute atomic E-state index is 6.29. The van der Waals surface area contributed by atoms with Gasteiger partial charge >= 0.3 is 0 Å². The van der Waals surface area contributed by atoms with Crippen LogP contribution < -0.4 is 4.74 Å². The van der Waals surface area contributed by atoms with Gasteiger partial charge in [0, 0.05) is 42.3 Å². The van der Waals surface area contributed by atoms with Crippen molar-refractivity contribution in [2.75, 3.05) is 0 Å². The van der Waals surface area contributed by atoms with Gasteiger partial charge in [-0.15, -0.1) is 0 Å². The van der Waals surface area contributed by atoms with Crippen LogP contribution in [0.3, 0.4) is 0 Å². The van der Waals surface area contributed by atoms with Crippen molar-refractivity contribution in [3.8, 4) is 17.0 Å². The average Bonchev–Trinajstić information content (AvgIpc) is 3.38. The number of pyridine rings is 1. The Morgan fingerprint density at radius 3 is 2.83 bits per heavy atom. The second-order valence-electron chi connectivity index (χ2n) is 7.22. The Labute approximate surface area is 173 Å². The number of hydrogen-bond acceptors (Lipinski definition) is 6. The third-order valence-electron chi connectivity index (χ3n) is 5.11. The summed E-state index contributed by atoms with van der Waals surface area (Å²) in [5.74, 6) is 0.738. The van der Waals surface area contributed by atoms with Crippen molar-refractivity contribution in [1.29, 1.82) is 0 Å². The zero-order valence-electron chi connectivity index (χ0n) is 17.0. The molecular formula is C22H21N7O. The van der Waals surface area contributed by atoms with E-state index in [1.807, 2.05) is 44.4 Å². The van der Waals surface area contributed by atoms with Gasteiger partial charge in [-0.1, -0.05) is 6.92 Å². The van der Waals surface area contributed by atoms with Crippen molar-refractivity contribution in [1.82, 2.24) is 34.9 Å². The first-order valence-electron chi connectivity index (χ1n) is 9.86. The van der Waals surface area contributed by atoms with Gasteiger partial charge in [0.05, 0.1) is 17.2 Å². The molecule has 5 aromatic rings. The van der Waals surface area contributed by atoms with E-state index >= 15 is 0 Å². The number of nitrogens with one attached hydrogen (secondary N) is 1. The van der Waals surface area contributed by atoms with Crippen molar-refractivity contribution in [2.45, 2.75) is 26.4 Å². The minimum absolute atomic E-state index is 0.290. The smallest absolute Gasteiger partial charge is 0.140 e. The van der Waals surface area contributed by atoms with Gasteiger partial charge < -0.3 is 4.74 Å². The summed E-state index contributed by atoms with van der Waals surface area (Å²) >= 11 is 0. The van der Waals surface area contributed by atoms with E-state index in [1.54, 1.807) is 23.3 Å². The molecule has 0 saturated heterocycles. The lowest BCUT2D eigenvalue weighted by molar-refractivity contribution is 0.223. The molecule has 1 N–H and O–H groups in total. The molecule has 1 atom stereocenters. The predicted octanol–water partition coefficient (Wildman–Crippen LogP) is 4.00. The highest BCUT2D eigenvalue weighted by atomic mass is 16.5. The maximum Gasteiger partial charge on any atom is 0.140 e. The first-order valence-corrected chi connectivity index (χ1v) is 9.86. The number of fused-ring (bicyclic) bond motifs is 2. The molecule has 0 fully saturated rings. The van der Waals surface area contributed by atoms with Crippen molar-refractivity contribution in [3.05, 3.63) is 60.4 Å². The summed E-state index contributed by atoms with van der Waals surface area (Å²) in [6, 6.07) is 7.88. The van der Waals surface area contributed by atoms with E-state index in [0.29, 0.717) is 0 Å². The van der Waals surface area contributed by atoms with Gasteiger partial charge in [-0.05, 0) is 37.6 Å². The number of H-pyrrole nitrogens is 1. The SMILES string of the molecule is CCc1cc2nccnc2c(C(C)Oc2ccc3[nH]nc(-c4cnn(C)c4)c3c2)n1. The zero-order valence-corrected chi connectivity index (χ0v) is 17.0. The van der Waals surface area contributed by atoms with Gasteiger partial charge in [0.15, 0.2) is 0 Å². The van der Waals surface area contributed by atoms with Gasteiger partial charge in [-0.3, -0.25) is 24.7 Å². The summed E-state index contributed by atoms with van der Waals surface area (Å²) in [5, 5.41) is 12.8. The van der Waals surface area contributed by atoms with Crippen LogP contribution in [0.25, 0.3) is 33.2 Å².